The van der Waals surface area contributed by atoms with Crippen LogP contribution in [0.25, 0.3) is 0 Å². The van der Waals surface area contributed by atoms with E-state index in [1.54, 1.807) is 19.2 Å². The average Bonchev–Trinajstić information content (AvgIpc) is 2.91. The molecule has 0 bridgehead atoms. The molecule has 6 heteroatoms. The Kier molecular flexibility index (Phi) is 4.42. The Morgan fingerprint density at radius 1 is 1.39 bits per heavy atom. The predicted octanol–water partition coefficient (Wildman–Crippen LogP) is 1.99. The van der Waals surface area contributed by atoms with Crippen LogP contribution in [-0.2, 0) is 20.1 Å². The number of nitrogens with zero attached hydrogens (tertiary/aromatic N) is 1. The first kappa shape index (κ1) is 14.0. The zero-order chi connectivity index (χ0) is 13.2. The van der Waals surface area contributed by atoms with Crippen molar-refractivity contribution in [3.05, 3.63) is 29.8 Å². The van der Waals surface area contributed by atoms with E-state index in [-0.39, 0.29) is 6.04 Å². The van der Waals surface area contributed by atoms with E-state index in [1.165, 1.54) is 4.31 Å². The van der Waals surface area contributed by atoms with Crippen LogP contribution in [-0.4, -0.2) is 39.0 Å². The maximum absolute atomic E-state index is 12.4. The van der Waals surface area contributed by atoms with E-state index in [9.17, 15) is 8.42 Å². The monoisotopic (exact) mass is 333 g/mol. The van der Waals surface area contributed by atoms with Crippen LogP contribution in [0.15, 0.2) is 29.2 Å². The summed E-state index contributed by atoms with van der Waals surface area (Å²) in [7, 11) is -1.79. The normalized spacial score (nSPS) is 20.5. The van der Waals surface area contributed by atoms with Crippen LogP contribution in [0, 0.1) is 0 Å². The van der Waals surface area contributed by atoms with Gasteiger partial charge in [-0.1, -0.05) is 28.1 Å². The van der Waals surface area contributed by atoms with E-state index < -0.39 is 10.0 Å². The minimum absolute atomic E-state index is 0.0501. The summed E-state index contributed by atoms with van der Waals surface area (Å²) in [6, 6.07) is 6.89. The van der Waals surface area contributed by atoms with Gasteiger partial charge in [-0.25, -0.2) is 8.42 Å². The summed E-state index contributed by atoms with van der Waals surface area (Å²) < 4.78 is 31.4. The Labute approximate surface area is 116 Å². The molecule has 1 unspecified atom stereocenters. The molecule has 0 spiro atoms. The molecule has 1 fully saturated rings. The van der Waals surface area contributed by atoms with Gasteiger partial charge in [-0.2, -0.15) is 4.31 Å². The summed E-state index contributed by atoms with van der Waals surface area (Å²) in [6.07, 6.45) is 0.759. The van der Waals surface area contributed by atoms with Crippen molar-refractivity contribution in [1.29, 1.82) is 0 Å². The fourth-order valence-corrected chi connectivity index (χ4v) is 3.67. The minimum atomic E-state index is -3.41. The first-order valence-corrected chi connectivity index (χ1v) is 8.32. The quantitative estimate of drug-likeness (QED) is 0.791. The van der Waals surface area contributed by atoms with Crippen molar-refractivity contribution in [1.82, 2.24) is 4.31 Å². The number of hydrogen-bond donors (Lipinski definition) is 0. The Hall–Kier alpha value is -0.430. The molecular formula is C12H16BrNO3S. The Balaban J connectivity index is 2.23. The molecule has 0 saturated carbocycles. The van der Waals surface area contributed by atoms with Gasteiger partial charge in [0.05, 0.1) is 17.5 Å². The van der Waals surface area contributed by atoms with Crippen molar-refractivity contribution in [2.45, 2.75) is 22.7 Å². The van der Waals surface area contributed by atoms with Crippen molar-refractivity contribution in [3.63, 3.8) is 0 Å². The van der Waals surface area contributed by atoms with Crippen LogP contribution in [0.5, 0.6) is 0 Å². The largest absolute Gasteiger partial charge is 0.380 e. The summed E-state index contributed by atoms with van der Waals surface area (Å²) in [5, 5.41) is 0.722. The fraction of sp³-hybridized carbons (Fsp3) is 0.500. The third kappa shape index (κ3) is 2.77. The van der Waals surface area contributed by atoms with Gasteiger partial charge in [0, 0.05) is 19.0 Å². The number of benzene rings is 1. The molecule has 2 rings (SSSR count). The summed E-state index contributed by atoms with van der Waals surface area (Å²) >= 11 is 3.34. The van der Waals surface area contributed by atoms with Gasteiger partial charge in [0.15, 0.2) is 0 Å². The summed E-state index contributed by atoms with van der Waals surface area (Å²) in [5.74, 6) is 0. The molecule has 1 heterocycles. The van der Waals surface area contributed by atoms with Crippen LogP contribution in [0.2, 0.25) is 0 Å². The van der Waals surface area contributed by atoms with Gasteiger partial charge in [-0.05, 0) is 24.1 Å². The van der Waals surface area contributed by atoms with E-state index in [1.807, 2.05) is 12.1 Å². The highest BCUT2D eigenvalue weighted by atomic mass is 79.9. The zero-order valence-electron chi connectivity index (χ0n) is 10.2. The van der Waals surface area contributed by atoms with Crippen LogP contribution in [0.3, 0.4) is 0 Å². The van der Waals surface area contributed by atoms with Crippen molar-refractivity contribution >= 4 is 26.0 Å². The van der Waals surface area contributed by atoms with Crippen molar-refractivity contribution in [3.8, 4) is 0 Å². The van der Waals surface area contributed by atoms with E-state index in [0.29, 0.717) is 18.1 Å². The van der Waals surface area contributed by atoms with E-state index in [4.69, 9.17) is 4.74 Å². The lowest BCUT2D eigenvalue weighted by atomic mass is 10.2. The number of halogens is 1. The molecule has 4 nitrogen and oxygen atoms in total. The average molecular weight is 334 g/mol. The summed E-state index contributed by atoms with van der Waals surface area (Å²) in [5.41, 5.74) is 1.06. The second-order valence-electron chi connectivity index (χ2n) is 4.32. The lowest BCUT2D eigenvalue weighted by Crippen LogP contribution is -2.37. The van der Waals surface area contributed by atoms with Crippen molar-refractivity contribution < 1.29 is 13.2 Å². The van der Waals surface area contributed by atoms with E-state index in [2.05, 4.69) is 15.9 Å². The maximum Gasteiger partial charge on any atom is 0.243 e. The first-order chi connectivity index (χ1) is 8.55. The molecule has 0 N–H and O–H groups in total. The lowest BCUT2D eigenvalue weighted by Gasteiger charge is -2.22. The molecular weight excluding hydrogens is 318 g/mol. The lowest BCUT2D eigenvalue weighted by molar-refractivity contribution is 0.181. The van der Waals surface area contributed by atoms with Gasteiger partial charge >= 0.3 is 0 Å². The predicted molar refractivity (Wildman–Crippen MR) is 73.2 cm³/mol. The smallest absolute Gasteiger partial charge is 0.243 e. The van der Waals surface area contributed by atoms with Gasteiger partial charge < -0.3 is 4.74 Å². The van der Waals surface area contributed by atoms with Gasteiger partial charge in [-0.15, -0.1) is 0 Å². The third-order valence-electron chi connectivity index (χ3n) is 3.17. The number of likely N-dealkylation sites (N-methyl/N-ethyl adjacent to an activating group) is 1. The highest BCUT2D eigenvalue weighted by Crippen LogP contribution is 2.21. The zero-order valence-corrected chi connectivity index (χ0v) is 12.6. The highest BCUT2D eigenvalue weighted by Gasteiger charge is 2.30. The fourth-order valence-electron chi connectivity index (χ4n) is 1.92. The molecule has 1 saturated heterocycles. The minimum Gasteiger partial charge on any atom is -0.380 e. The molecule has 1 aromatic carbocycles. The van der Waals surface area contributed by atoms with Crippen LogP contribution >= 0.6 is 15.9 Å². The van der Waals surface area contributed by atoms with E-state index in [0.717, 1.165) is 17.3 Å². The Morgan fingerprint density at radius 3 is 2.56 bits per heavy atom. The summed E-state index contributed by atoms with van der Waals surface area (Å²) in [6.45, 7) is 1.11. The highest BCUT2D eigenvalue weighted by molar-refractivity contribution is 9.08. The molecule has 0 radical (unpaired) electrons. The maximum atomic E-state index is 12.4. The first-order valence-electron chi connectivity index (χ1n) is 5.76. The van der Waals surface area contributed by atoms with Gasteiger partial charge in [0.2, 0.25) is 10.0 Å². The molecule has 1 aliphatic rings. The summed E-state index contributed by atoms with van der Waals surface area (Å²) in [4.78, 5) is 0.335. The number of rotatable bonds is 4. The van der Waals surface area contributed by atoms with Crippen molar-refractivity contribution in [2.24, 2.45) is 0 Å². The molecule has 1 aromatic rings. The van der Waals surface area contributed by atoms with Crippen LogP contribution in [0.1, 0.15) is 12.0 Å². The standard InChI is InChI=1S/C12H16BrNO3S/c1-14(11-6-7-17-9-11)18(15,16)12-4-2-10(8-13)3-5-12/h2-5,11H,6-9H2,1H3. The second-order valence-corrected chi connectivity index (χ2v) is 6.87. The molecule has 18 heavy (non-hydrogen) atoms. The van der Waals surface area contributed by atoms with Gasteiger partial charge in [0.1, 0.15) is 0 Å². The van der Waals surface area contributed by atoms with E-state index >= 15 is 0 Å². The molecule has 0 aliphatic carbocycles. The van der Waals surface area contributed by atoms with Crippen LogP contribution in [0.4, 0.5) is 0 Å². The Morgan fingerprint density at radius 2 is 2.06 bits per heavy atom. The SMILES string of the molecule is CN(C1CCOC1)S(=O)(=O)c1ccc(CBr)cc1. The van der Waals surface area contributed by atoms with Crippen molar-refractivity contribution in [2.75, 3.05) is 20.3 Å². The molecule has 0 amide bonds. The molecule has 0 aromatic heterocycles. The topological polar surface area (TPSA) is 46.6 Å². The van der Waals surface area contributed by atoms with Crippen LogP contribution < -0.4 is 0 Å². The third-order valence-corrected chi connectivity index (χ3v) is 5.75. The number of hydrogen-bond acceptors (Lipinski definition) is 3. The number of alkyl halides is 1. The van der Waals surface area contributed by atoms with Gasteiger partial charge in [0.25, 0.3) is 0 Å². The molecule has 1 aliphatic heterocycles. The number of ether oxygens (including phenoxy) is 1. The molecule has 100 valence electrons. The van der Waals surface area contributed by atoms with Gasteiger partial charge in [-0.3, -0.25) is 0 Å². The Bertz CT molecular complexity index is 495. The second kappa shape index (κ2) is 5.69. The molecule has 1 atom stereocenters. The number of sulfonamides is 1.